The average molecular weight is 285 g/mol. The topological polar surface area (TPSA) is 101 Å². The third-order valence-electron chi connectivity index (χ3n) is 3.31. The lowest BCUT2D eigenvalue weighted by atomic mass is 10.2. The van der Waals surface area contributed by atoms with Crippen LogP contribution in [0.15, 0.2) is 0 Å². The maximum absolute atomic E-state index is 11.6. The Kier molecular flexibility index (Phi) is 3.64. The van der Waals surface area contributed by atoms with Crippen LogP contribution in [-0.4, -0.2) is 42.5 Å². The number of hydrogen-bond donors (Lipinski definition) is 2. The van der Waals surface area contributed by atoms with Gasteiger partial charge in [-0.25, -0.2) is 24.2 Å². The molecule has 8 heteroatoms. The summed E-state index contributed by atoms with van der Waals surface area (Å²) in [5.41, 5.74) is 3.38. The maximum atomic E-state index is 11.6. The Morgan fingerprint density at radius 1 is 1.37 bits per heavy atom. The van der Waals surface area contributed by atoms with Crippen molar-refractivity contribution in [3.05, 3.63) is 11.4 Å². The Balaban J connectivity index is 2.40. The van der Waals surface area contributed by atoms with E-state index in [1.54, 1.807) is 6.92 Å². The van der Waals surface area contributed by atoms with Crippen molar-refractivity contribution < 1.29 is 8.42 Å². The lowest BCUT2D eigenvalue weighted by Gasteiger charge is -2.35. The van der Waals surface area contributed by atoms with E-state index in [2.05, 4.69) is 15.4 Å². The van der Waals surface area contributed by atoms with Crippen molar-refractivity contribution >= 4 is 21.5 Å². The van der Waals surface area contributed by atoms with Crippen LogP contribution < -0.4 is 16.2 Å². The van der Waals surface area contributed by atoms with Crippen LogP contribution in [-0.2, 0) is 9.84 Å². The summed E-state index contributed by atoms with van der Waals surface area (Å²) in [6, 6.07) is -0.0997. The van der Waals surface area contributed by atoms with Crippen LogP contribution >= 0.6 is 0 Å². The lowest BCUT2D eigenvalue weighted by Crippen LogP contribution is -2.47. The average Bonchev–Trinajstić information content (AvgIpc) is 2.31. The van der Waals surface area contributed by atoms with E-state index in [4.69, 9.17) is 5.84 Å². The summed E-state index contributed by atoms with van der Waals surface area (Å²) < 4.78 is 23.2. The Hall–Kier alpha value is -1.41. The van der Waals surface area contributed by atoms with Gasteiger partial charge in [0, 0.05) is 18.2 Å². The summed E-state index contributed by atoms with van der Waals surface area (Å²) in [5, 5.41) is 0. The number of hydrazine groups is 1. The SMILES string of the molecule is Cc1nc(NN)c(C)c(N2CCS(=O)(=O)CC2C)n1. The van der Waals surface area contributed by atoms with Crippen LogP contribution in [0.5, 0.6) is 0 Å². The zero-order valence-electron chi connectivity index (χ0n) is 11.3. The molecular formula is C11H19N5O2S. The number of nitrogen functional groups attached to an aromatic ring is 1. The molecule has 0 aliphatic carbocycles. The molecule has 0 amide bonds. The van der Waals surface area contributed by atoms with Crippen molar-refractivity contribution in [2.75, 3.05) is 28.4 Å². The van der Waals surface area contributed by atoms with Gasteiger partial charge in [0.05, 0.1) is 11.5 Å². The smallest absolute Gasteiger partial charge is 0.154 e. The number of rotatable bonds is 2. The number of nitrogens with two attached hydrogens (primary N) is 1. The minimum absolute atomic E-state index is 0.0997. The first-order valence-electron chi connectivity index (χ1n) is 6.13. The van der Waals surface area contributed by atoms with Gasteiger partial charge in [0.2, 0.25) is 0 Å². The highest BCUT2D eigenvalue weighted by molar-refractivity contribution is 7.91. The van der Waals surface area contributed by atoms with Gasteiger partial charge in [-0.15, -0.1) is 0 Å². The maximum Gasteiger partial charge on any atom is 0.154 e. The zero-order valence-corrected chi connectivity index (χ0v) is 12.2. The highest BCUT2D eigenvalue weighted by Gasteiger charge is 2.30. The molecule has 7 nitrogen and oxygen atoms in total. The number of anilines is 2. The molecule has 1 fully saturated rings. The molecule has 2 heterocycles. The molecule has 1 saturated heterocycles. The predicted octanol–water partition coefficient (Wildman–Crippen LogP) is 0.00234. The van der Waals surface area contributed by atoms with E-state index in [9.17, 15) is 8.42 Å². The first kappa shape index (κ1) is 14.0. The Morgan fingerprint density at radius 2 is 2.05 bits per heavy atom. The summed E-state index contributed by atoms with van der Waals surface area (Å²) in [5.74, 6) is 7.68. The molecule has 0 saturated carbocycles. The molecule has 106 valence electrons. The standard InChI is InChI=1S/C11H19N5O2S/c1-7-6-19(17,18)5-4-16(7)11-8(2)10(15-12)13-9(3)14-11/h7H,4-6,12H2,1-3H3,(H,13,14,15). The van der Waals surface area contributed by atoms with Crippen LogP contribution in [0.3, 0.4) is 0 Å². The fourth-order valence-electron chi connectivity index (χ4n) is 2.35. The van der Waals surface area contributed by atoms with Gasteiger partial charge in [-0.2, -0.15) is 0 Å². The van der Waals surface area contributed by atoms with Gasteiger partial charge in [-0.05, 0) is 20.8 Å². The van der Waals surface area contributed by atoms with Crippen LogP contribution in [0, 0.1) is 13.8 Å². The van der Waals surface area contributed by atoms with Gasteiger partial charge in [-0.1, -0.05) is 0 Å². The quantitative estimate of drug-likeness (QED) is 0.582. The van der Waals surface area contributed by atoms with Gasteiger partial charge in [0.15, 0.2) is 9.84 Å². The van der Waals surface area contributed by atoms with Gasteiger partial charge >= 0.3 is 0 Å². The van der Waals surface area contributed by atoms with Crippen molar-refractivity contribution in [1.29, 1.82) is 0 Å². The molecule has 1 aromatic rings. The van der Waals surface area contributed by atoms with Gasteiger partial charge in [-0.3, -0.25) is 0 Å². The van der Waals surface area contributed by atoms with Crippen molar-refractivity contribution in [1.82, 2.24) is 9.97 Å². The number of nitrogens with zero attached hydrogens (tertiary/aromatic N) is 3. The number of hydrogen-bond acceptors (Lipinski definition) is 7. The van der Waals surface area contributed by atoms with E-state index in [1.165, 1.54) is 0 Å². The largest absolute Gasteiger partial charge is 0.351 e. The molecule has 1 atom stereocenters. The van der Waals surface area contributed by atoms with Crippen molar-refractivity contribution in [2.24, 2.45) is 5.84 Å². The van der Waals surface area contributed by atoms with E-state index >= 15 is 0 Å². The van der Waals surface area contributed by atoms with E-state index in [0.29, 0.717) is 18.2 Å². The number of sulfone groups is 1. The van der Waals surface area contributed by atoms with E-state index in [0.717, 1.165) is 11.4 Å². The molecule has 19 heavy (non-hydrogen) atoms. The number of aryl methyl sites for hydroxylation is 1. The highest BCUT2D eigenvalue weighted by Crippen LogP contribution is 2.26. The Morgan fingerprint density at radius 3 is 2.63 bits per heavy atom. The number of aromatic nitrogens is 2. The molecule has 1 unspecified atom stereocenters. The molecule has 0 bridgehead atoms. The fraction of sp³-hybridized carbons (Fsp3) is 0.636. The predicted molar refractivity (Wildman–Crippen MR) is 74.8 cm³/mol. The monoisotopic (exact) mass is 285 g/mol. The summed E-state index contributed by atoms with van der Waals surface area (Å²) in [6.45, 7) is 6.00. The second kappa shape index (κ2) is 4.93. The summed E-state index contributed by atoms with van der Waals surface area (Å²) in [6.07, 6.45) is 0. The van der Waals surface area contributed by atoms with Crippen LogP contribution in [0.4, 0.5) is 11.6 Å². The van der Waals surface area contributed by atoms with Gasteiger partial charge in [0.1, 0.15) is 17.5 Å². The third-order valence-corrected chi connectivity index (χ3v) is 5.11. The van der Waals surface area contributed by atoms with Crippen molar-refractivity contribution in [2.45, 2.75) is 26.8 Å². The third kappa shape index (κ3) is 2.79. The van der Waals surface area contributed by atoms with Crippen LogP contribution in [0.1, 0.15) is 18.3 Å². The molecule has 3 N–H and O–H groups in total. The molecular weight excluding hydrogens is 266 g/mol. The van der Waals surface area contributed by atoms with Crippen molar-refractivity contribution in [3.63, 3.8) is 0 Å². The fourth-order valence-corrected chi connectivity index (χ4v) is 3.90. The molecule has 2 rings (SSSR count). The minimum Gasteiger partial charge on any atom is -0.351 e. The summed E-state index contributed by atoms with van der Waals surface area (Å²) in [7, 11) is -2.94. The summed E-state index contributed by atoms with van der Waals surface area (Å²) >= 11 is 0. The second-order valence-corrected chi connectivity index (χ2v) is 7.10. The Bertz CT molecular complexity index is 587. The molecule has 1 aliphatic rings. The van der Waals surface area contributed by atoms with Crippen molar-refractivity contribution in [3.8, 4) is 0 Å². The first-order valence-corrected chi connectivity index (χ1v) is 7.95. The lowest BCUT2D eigenvalue weighted by molar-refractivity contribution is 0.566. The van der Waals surface area contributed by atoms with Crippen LogP contribution in [0.2, 0.25) is 0 Å². The summed E-state index contributed by atoms with van der Waals surface area (Å²) in [4.78, 5) is 10.6. The molecule has 0 radical (unpaired) electrons. The first-order chi connectivity index (χ1) is 8.84. The molecule has 1 aliphatic heterocycles. The molecule has 0 spiro atoms. The van der Waals surface area contributed by atoms with Gasteiger partial charge < -0.3 is 10.3 Å². The zero-order chi connectivity index (χ0) is 14.2. The second-order valence-electron chi connectivity index (χ2n) is 4.87. The highest BCUT2D eigenvalue weighted by atomic mass is 32.2. The van der Waals surface area contributed by atoms with Gasteiger partial charge in [0.25, 0.3) is 0 Å². The van der Waals surface area contributed by atoms with E-state index in [-0.39, 0.29) is 17.5 Å². The van der Waals surface area contributed by atoms with E-state index < -0.39 is 9.84 Å². The van der Waals surface area contributed by atoms with Crippen LogP contribution in [0.25, 0.3) is 0 Å². The Labute approximate surface area is 113 Å². The number of nitrogens with one attached hydrogen (secondary N) is 1. The normalized spacial score (nSPS) is 22.3. The van der Waals surface area contributed by atoms with E-state index in [1.807, 2.05) is 18.7 Å². The molecule has 0 aromatic carbocycles. The minimum atomic E-state index is -2.94. The molecule has 1 aromatic heterocycles.